The van der Waals surface area contributed by atoms with Crippen molar-refractivity contribution in [1.82, 2.24) is 24.8 Å². The van der Waals surface area contributed by atoms with Gasteiger partial charge in [0, 0.05) is 37.1 Å². The normalized spacial score (nSPS) is 13.1. The van der Waals surface area contributed by atoms with Crippen molar-refractivity contribution in [3.05, 3.63) is 60.1 Å². The summed E-state index contributed by atoms with van der Waals surface area (Å²) < 4.78 is 23.3. The van der Waals surface area contributed by atoms with Gasteiger partial charge >= 0.3 is 0 Å². The molecule has 0 fully saturated rings. The third-order valence-electron chi connectivity index (χ3n) is 6.64. The highest BCUT2D eigenvalue weighted by Gasteiger charge is 2.21. The van der Waals surface area contributed by atoms with Crippen molar-refractivity contribution in [2.45, 2.75) is 38.8 Å². The van der Waals surface area contributed by atoms with Crippen LogP contribution in [0.15, 0.2) is 53.1 Å². The largest absolute Gasteiger partial charge is 0.497 e. The Balaban J connectivity index is 1.17. The van der Waals surface area contributed by atoms with E-state index in [1.165, 1.54) is 0 Å². The number of ether oxygens (including phenoxy) is 3. The fraction of sp³-hybridized carbons (Fsp3) is 0.357. The molecule has 4 aromatic rings. The topological polar surface area (TPSA) is 105 Å². The van der Waals surface area contributed by atoms with Crippen LogP contribution in [0.4, 0.5) is 0 Å². The van der Waals surface area contributed by atoms with E-state index in [2.05, 4.69) is 16.2 Å². The van der Waals surface area contributed by atoms with Crippen LogP contribution in [0.2, 0.25) is 0 Å². The molecular formula is C28H31N5O5. The maximum absolute atomic E-state index is 13.0. The lowest BCUT2D eigenvalue weighted by atomic mass is 10.1. The van der Waals surface area contributed by atoms with E-state index in [9.17, 15) is 4.79 Å². The molecule has 5 rings (SSSR count). The quantitative estimate of drug-likeness (QED) is 0.322. The van der Waals surface area contributed by atoms with Gasteiger partial charge in [0.1, 0.15) is 5.75 Å². The zero-order valence-corrected chi connectivity index (χ0v) is 21.8. The summed E-state index contributed by atoms with van der Waals surface area (Å²) in [7, 11) is 4.82. The van der Waals surface area contributed by atoms with Crippen LogP contribution >= 0.6 is 0 Å². The van der Waals surface area contributed by atoms with Crippen LogP contribution in [0.25, 0.3) is 22.6 Å². The van der Waals surface area contributed by atoms with Gasteiger partial charge in [-0.25, -0.2) is 0 Å². The third-order valence-corrected chi connectivity index (χ3v) is 6.64. The summed E-state index contributed by atoms with van der Waals surface area (Å²) in [6, 6.07) is 15.4. The molecule has 0 unspecified atom stereocenters. The average molecular weight is 518 g/mol. The first-order chi connectivity index (χ1) is 18.6. The first-order valence-corrected chi connectivity index (χ1v) is 12.6. The zero-order valence-electron chi connectivity index (χ0n) is 21.8. The van der Waals surface area contributed by atoms with Crippen molar-refractivity contribution in [3.63, 3.8) is 0 Å². The summed E-state index contributed by atoms with van der Waals surface area (Å²) in [5.74, 6) is 3.12. The molecule has 2 aromatic carbocycles. The second kappa shape index (κ2) is 11.4. The van der Waals surface area contributed by atoms with E-state index in [4.69, 9.17) is 23.8 Å². The number of aromatic nitrogens is 4. The van der Waals surface area contributed by atoms with Gasteiger partial charge < -0.3 is 23.6 Å². The summed E-state index contributed by atoms with van der Waals surface area (Å²) in [5.41, 5.74) is 3.73. The molecular weight excluding hydrogens is 486 g/mol. The Morgan fingerprint density at radius 3 is 2.50 bits per heavy atom. The highest BCUT2D eigenvalue weighted by atomic mass is 16.5. The molecule has 198 valence electrons. The molecule has 38 heavy (non-hydrogen) atoms. The lowest BCUT2D eigenvalue weighted by molar-refractivity contribution is -0.131. The van der Waals surface area contributed by atoms with Gasteiger partial charge in [-0.15, -0.1) is 0 Å². The Morgan fingerprint density at radius 2 is 1.74 bits per heavy atom. The number of aryl methyl sites for hydroxylation is 2. The van der Waals surface area contributed by atoms with Crippen molar-refractivity contribution in [2.24, 2.45) is 0 Å². The second-order valence-corrected chi connectivity index (χ2v) is 9.08. The Labute approximate surface area is 221 Å². The predicted octanol–water partition coefficient (Wildman–Crippen LogP) is 4.38. The minimum atomic E-state index is 0.116. The maximum Gasteiger partial charge on any atom is 0.226 e. The predicted molar refractivity (Wildman–Crippen MR) is 140 cm³/mol. The first kappa shape index (κ1) is 25.3. The number of benzene rings is 2. The van der Waals surface area contributed by atoms with Gasteiger partial charge in [-0.05, 0) is 61.4 Å². The number of carbonyl (C=O) groups is 1. The number of carbonyl (C=O) groups excluding carboxylic acids is 1. The second-order valence-electron chi connectivity index (χ2n) is 9.08. The number of nitrogens with zero attached hydrogens (tertiary/aromatic N) is 5. The van der Waals surface area contributed by atoms with E-state index < -0.39 is 0 Å². The summed E-state index contributed by atoms with van der Waals surface area (Å²) in [6.07, 6.45) is 2.42. The molecule has 0 N–H and O–H groups in total. The molecule has 0 radical (unpaired) electrons. The van der Waals surface area contributed by atoms with Crippen LogP contribution in [0.1, 0.15) is 30.8 Å². The molecule has 10 heteroatoms. The average Bonchev–Trinajstić information content (AvgIpc) is 3.54. The fourth-order valence-electron chi connectivity index (χ4n) is 4.58. The zero-order chi connectivity index (χ0) is 26.5. The van der Waals surface area contributed by atoms with E-state index in [1.807, 2.05) is 39.9 Å². The Bertz CT molecular complexity index is 1400. The third kappa shape index (κ3) is 5.49. The van der Waals surface area contributed by atoms with Crippen molar-refractivity contribution < 1.29 is 23.5 Å². The van der Waals surface area contributed by atoms with Crippen molar-refractivity contribution >= 4 is 5.91 Å². The molecule has 3 heterocycles. The SMILES string of the molecule is COc1ccc(-c2cc3n(n2)CCCN(C(=O)CCCc2nc(-c4ccc(OC)c(OC)c4)no2)C3)cc1. The maximum atomic E-state index is 13.0. The summed E-state index contributed by atoms with van der Waals surface area (Å²) in [4.78, 5) is 19.5. The van der Waals surface area contributed by atoms with Gasteiger partial charge in [0.15, 0.2) is 11.5 Å². The number of rotatable bonds is 9. The number of fused-ring (bicyclic) bond motifs is 1. The van der Waals surface area contributed by atoms with E-state index >= 15 is 0 Å². The monoisotopic (exact) mass is 517 g/mol. The molecule has 0 atom stereocenters. The lowest BCUT2D eigenvalue weighted by Gasteiger charge is -2.19. The summed E-state index contributed by atoms with van der Waals surface area (Å²) >= 11 is 0. The van der Waals surface area contributed by atoms with Gasteiger partial charge in [0.05, 0.1) is 39.3 Å². The highest BCUT2D eigenvalue weighted by molar-refractivity contribution is 5.76. The Kier molecular flexibility index (Phi) is 7.57. The van der Waals surface area contributed by atoms with Gasteiger partial charge in [0.2, 0.25) is 17.6 Å². The van der Waals surface area contributed by atoms with Crippen molar-refractivity contribution in [1.29, 1.82) is 0 Å². The lowest BCUT2D eigenvalue weighted by Crippen LogP contribution is -2.30. The van der Waals surface area contributed by atoms with E-state index in [0.29, 0.717) is 55.6 Å². The van der Waals surface area contributed by atoms with Crippen LogP contribution in [-0.2, 0) is 24.3 Å². The van der Waals surface area contributed by atoms with Crippen LogP contribution in [0.5, 0.6) is 17.2 Å². The Hall–Kier alpha value is -4.34. The Morgan fingerprint density at radius 1 is 0.947 bits per heavy atom. The highest BCUT2D eigenvalue weighted by Crippen LogP contribution is 2.31. The molecule has 0 bridgehead atoms. The van der Waals surface area contributed by atoms with Crippen LogP contribution in [0, 0.1) is 0 Å². The fourth-order valence-corrected chi connectivity index (χ4v) is 4.58. The number of amides is 1. The minimum absolute atomic E-state index is 0.116. The molecule has 0 aliphatic carbocycles. The van der Waals surface area contributed by atoms with E-state index in [1.54, 1.807) is 33.5 Å². The molecule has 1 amide bonds. The molecule has 0 saturated heterocycles. The number of methoxy groups -OCH3 is 3. The number of hydrogen-bond acceptors (Lipinski definition) is 8. The molecule has 10 nitrogen and oxygen atoms in total. The smallest absolute Gasteiger partial charge is 0.226 e. The van der Waals surface area contributed by atoms with E-state index in [0.717, 1.165) is 41.2 Å². The minimum Gasteiger partial charge on any atom is -0.497 e. The van der Waals surface area contributed by atoms with Crippen molar-refractivity contribution in [2.75, 3.05) is 27.9 Å². The van der Waals surface area contributed by atoms with Crippen LogP contribution < -0.4 is 14.2 Å². The van der Waals surface area contributed by atoms with Gasteiger partial charge in [0.25, 0.3) is 0 Å². The van der Waals surface area contributed by atoms with Crippen molar-refractivity contribution in [3.8, 4) is 39.9 Å². The standard InChI is InChI=1S/C28H31N5O5/c1-35-22-11-8-19(9-12-22)23-17-21-18-32(14-5-15-33(21)30-23)27(34)7-4-6-26-29-28(31-38-26)20-10-13-24(36-2)25(16-20)37-3/h8-13,16-17H,4-7,14-15,18H2,1-3H3. The van der Waals surface area contributed by atoms with Crippen LogP contribution in [-0.4, -0.2) is 58.6 Å². The molecule has 2 aromatic heterocycles. The molecule has 0 saturated carbocycles. The molecule has 1 aliphatic rings. The van der Waals surface area contributed by atoms with Gasteiger partial charge in [-0.1, -0.05) is 5.16 Å². The first-order valence-electron chi connectivity index (χ1n) is 12.6. The molecule has 0 spiro atoms. The summed E-state index contributed by atoms with van der Waals surface area (Å²) in [5, 5.41) is 8.86. The molecule has 1 aliphatic heterocycles. The summed E-state index contributed by atoms with van der Waals surface area (Å²) in [6.45, 7) is 2.05. The van der Waals surface area contributed by atoms with Gasteiger partial charge in [-0.3, -0.25) is 9.48 Å². The van der Waals surface area contributed by atoms with Gasteiger partial charge in [-0.2, -0.15) is 10.1 Å². The van der Waals surface area contributed by atoms with Crippen LogP contribution in [0.3, 0.4) is 0 Å². The number of hydrogen-bond donors (Lipinski definition) is 0. The van der Waals surface area contributed by atoms with E-state index in [-0.39, 0.29) is 5.91 Å².